The first-order valence-electron chi connectivity index (χ1n) is 7.20. The van der Waals surface area contributed by atoms with Gasteiger partial charge in [0.1, 0.15) is 17.1 Å². The molecule has 110 valence electrons. The molecule has 5 nitrogen and oxygen atoms in total. The third-order valence-corrected chi connectivity index (χ3v) is 3.89. The lowest BCUT2D eigenvalue weighted by molar-refractivity contribution is -0.133. The summed E-state index contributed by atoms with van der Waals surface area (Å²) in [4.78, 5) is 24.2. The summed E-state index contributed by atoms with van der Waals surface area (Å²) < 4.78 is 5.43. The minimum absolute atomic E-state index is 0.0339. The Morgan fingerprint density at radius 2 is 2.25 bits per heavy atom. The van der Waals surface area contributed by atoms with E-state index in [-0.39, 0.29) is 11.8 Å². The molecule has 0 saturated carbocycles. The van der Waals surface area contributed by atoms with Crippen LogP contribution < -0.4 is 10.6 Å². The van der Waals surface area contributed by atoms with Gasteiger partial charge in [0, 0.05) is 6.42 Å². The smallest absolute Gasteiger partial charge is 0.246 e. The summed E-state index contributed by atoms with van der Waals surface area (Å²) in [6.07, 6.45) is 3.53. The van der Waals surface area contributed by atoms with Crippen molar-refractivity contribution >= 4 is 11.8 Å². The van der Waals surface area contributed by atoms with E-state index >= 15 is 0 Å². The van der Waals surface area contributed by atoms with Crippen molar-refractivity contribution in [1.29, 1.82) is 0 Å². The second kappa shape index (κ2) is 6.11. The van der Waals surface area contributed by atoms with Crippen molar-refractivity contribution < 1.29 is 14.0 Å². The molecule has 1 fully saturated rings. The van der Waals surface area contributed by atoms with Crippen LogP contribution in [0.15, 0.2) is 16.5 Å². The zero-order valence-electron chi connectivity index (χ0n) is 12.1. The summed E-state index contributed by atoms with van der Waals surface area (Å²) in [5.41, 5.74) is -0.769. The molecule has 1 aliphatic rings. The molecular weight excluding hydrogens is 256 g/mol. The van der Waals surface area contributed by atoms with Crippen LogP contribution in [0.2, 0.25) is 0 Å². The van der Waals surface area contributed by atoms with Gasteiger partial charge in [-0.1, -0.05) is 13.3 Å². The van der Waals surface area contributed by atoms with Crippen LogP contribution in [0, 0.1) is 6.92 Å². The van der Waals surface area contributed by atoms with Gasteiger partial charge in [0.15, 0.2) is 0 Å². The highest BCUT2D eigenvalue weighted by Gasteiger charge is 2.38. The van der Waals surface area contributed by atoms with E-state index in [1.165, 1.54) is 0 Å². The van der Waals surface area contributed by atoms with Gasteiger partial charge in [0.25, 0.3) is 0 Å². The average Bonchev–Trinajstić information content (AvgIpc) is 2.74. The Labute approximate surface area is 119 Å². The number of nitrogens with one attached hydrogen (secondary N) is 2. The standard InChI is InChI=1S/C15H22N2O3/c1-3-15(9-5-4-6-13(18)17-15)14(19)16-10-12-8-7-11(2)20-12/h7-8H,3-6,9-10H2,1-2H3,(H,16,19)(H,17,18). The van der Waals surface area contributed by atoms with Crippen LogP contribution in [0.4, 0.5) is 0 Å². The molecular formula is C15H22N2O3. The number of carbonyl (C=O) groups is 2. The van der Waals surface area contributed by atoms with Gasteiger partial charge in [-0.25, -0.2) is 0 Å². The highest BCUT2D eigenvalue weighted by Crippen LogP contribution is 2.23. The Bertz CT molecular complexity index is 495. The quantitative estimate of drug-likeness (QED) is 0.885. The van der Waals surface area contributed by atoms with Crippen LogP contribution in [0.25, 0.3) is 0 Å². The molecule has 2 N–H and O–H groups in total. The topological polar surface area (TPSA) is 71.3 Å². The highest BCUT2D eigenvalue weighted by atomic mass is 16.3. The van der Waals surface area contributed by atoms with Crippen LogP contribution in [0.3, 0.4) is 0 Å². The Hall–Kier alpha value is -1.78. The van der Waals surface area contributed by atoms with Gasteiger partial charge in [-0.15, -0.1) is 0 Å². The fraction of sp³-hybridized carbons (Fsp3) is 0.600. The summed E-state index contributed by atoms with van der Waals surface area (Å²) in [7, 11) is 0. The Balaban J connectivity index is 2.02. The Morgan fingerprint density at radius 1 is 1.45 bits per heavy atom. The van der Waals surface area contributed by atoms with Gasteiger partial charge in [-0.3, -0.25) is 9.59 Å². The molecule has 0 bridgehead atoms. The second-order valence-corrected chi connectivity index (χ2v) is 5.39. The molecule has 2 rings (SSSR count). The molecule has 1 saturated heterocycles. The molecule has 0 spiro atoms. The van der Waals surface area contributed by atoms with E-state index in [1.807, 2.05) is 26.0 Å². The van der Waals surface area contributed by atoms with E-state index in [4.69, 9.17) is 4.42 Å². The molecule has 5 heteroatoms. The molecule has 0 aromatic carbocycles. The zero-order valence-corrected chi connectivity index (χ0v) is 12.1. The van der Waals surface area contributed by atoms with Crippen LogP contribution in [-0.2, 0) is 16.1 Å². The van der Waals surface area contributed by atoms with Crippen LogP contribution >= 0.6 is 0 Å². The lowest BCUT2D eigenvalue weighted by Gasteiger charge is -2.30. The lowest BCUT2D eigenvalue weighted by atomic mass is 9.89. The average molecular weight is 278 g/mol. The van der Waals surface area contributed by atoms with Crippen LogP contribution in [0.5, 0.6) is 0 Å². The van der Waals surface area contributed by atoms with Gasteiger partial charge >= 0.3 is 0 Å². The first kappa shape index (κ1) is 14.6. The van der Waals surface area contributed by atoms with Gasteiger partial charge in [-0.05, 0) is 38.3 Å². The SMILES string of the molecule is CCC1(C(=O)NCc2ccc(C)o2)CCCCC(=O)N1. The Kier molecular flexibility index (Phi) is 4.47. The predicted molar refractivity (Wildman–Crippen MR) is 74.9 cm³/mol. The number of furan rings is 1. The van der Waals surface area contributed by atoms with Gasteiger partial charge < -0.3 is 15.1 Å². The summed E-state index contributed by atoms with van der Waals surface area (Å²) in [5, 5.41) is 5.78. The molecule has 0 radical (unpaired) electrons. The van der Waals surface area contributed by atoms with Crippen molar-refractivity contribution in [3.05, 3.63) is 23.7 Å². The van der Waals surface area contributed by atoms with Crippen molar-refractivity contribution in [2.75, 3.05) is 0 Å². The van der Waals surface area contributed by atoms with E-state index in [9.17, 15) is 9.59 Å². The Morgan fingerprint density at radius 3 is 2.90 bits per heavy atom. The number of hydrogen-bond donors (Lipinski definition) is 2. The fourth-order valence-corrected chi connectivity index (χ4v) is 2.62. The van der Waals surface area contributed by atoms with Gasteiger partial charge in [0.2, 0.25) is 11.8 Å². The second-order valence-electron chi connectivity index (χ2n) is 5.39. The van der Waals surface area contributed by atoms with Gasteiger partial charge in [-0.2, -0.15) is 0 Å². The normalized spacial score (nSPS) is 23.0. The van der Waals surface area contributed by atoms with Crippen molar-refractivity contribution in [3.8, 4) is 0 Å². The monoisotopic (exact) mass is 278 g/mol. The van der Waals surface area contributed by atoms with Crippen molar-refractivity contribution in [1.82, 2.24) is 10.6 Å². The first-order chi connectivity index (χ1) is 9.55. The van der Waals surface area contributed by atoms with Crippen LogP contribution in [0.1, 0.15) is 50.5 Å². The summed E-state index contributed by atoms with van der Waals surface area (Å²) >= 11 is 0. The highest BCUT2D eigenvalue weighted by molar-refractivity contribution is 5.91. The first-order valence-corrected chi connectivity index (χ1v) is 7.20. The number of hydrogen-bond acceptors (Lipinski definition) is 3. The third-order valence-electron chi connectivity index (χ3n) is 3.89. The number of carbonyl (C=O) groups excluding carboxylic acids is 2. The number of amides is 2. The predicted octanol–water partition coefficient (Wildman–Crippen LogP) is 2.04. The summed E-state index contributed by atoms with van der Waals surface area (Å²) in [6, 6.07) is 3.71. The molecule has 1 atom stereocenters. The van der Waals surface area contributed by atoms with Crippen molar-refractivity contribution in [3.63, 3.8) is 0 Å². The van der Waals surface area contributed by atoms with E-state index in [0.717, 1.165) is 24.4 Å². The number of rotatable bonds is 4. The fourth-order valence-electron chi connectivity index (χ4n) is 2.62. The van der Waals surface area contributed by atoms with Crippen LogP contribution in [-0.4, -0.2) is 17.4 Å². The molecule has 1 aromatic heterocycles. The molecule has 2 heterocycles. The van der Waals surface area contributed by atoms with Crippen molar-refractivity contribution in [2.24, 2.45) is 0 Å². The van der Waals surface area contributed by atoms with Gasteiger partial charge in [0.05, 0.1) is 6.54 Å². The van der Waals surface area contributed by atoms with Crippen molar-refractivity contribution in [2.45, 2.75) is 58.0 Å². The maximum absolute atomic E-state index is 12.5. The zero-order chi connectivity index (χ0) is 14.6. The molecule has 1 aromatic rings. The molecule has 1 unspecified atom stereocenters. The lowest BCUT2D eigenvalue weighted by Crippen LogP contribution is -2.57. The van der Waals surface area contributed by atoms with E-state index in [1.54, 1.807) is 0 Å². The molecule has 20 heavy (non-hydrogen) atoms. The minimum atomic E-state index is -0.769. The third kappa shape index (κ3) is 3.21. The number of aryl methyl sites for hydroxylation is 1. The summed E-state index contributed by atoms with van der Waals surface area (Å²) in [5.74, 6) is 1.39. The maximum Gasteiger partial charge on any atom is 0.246 e. The molecule has 1 aliphatic heterocycles. The van der Waals surface area contributed by atoms with E-state index in [0.29, 0.717) is 25.8 Å². The molecule has 0 aliphatic carbocycles. The maximum atomic E-state index is 12.5. The summed E-state index contributed by atoms with van der Waals surface area (Å²) in [6.45, 7) is 4.15. The largest absolute Gasteiger partial charge is 0.465 e. The molecule has 2 amide bonds. The van der Waals surface area contributed by atoms with E-state index < -0.39 is 5.54 Å². The van der Waals surface area contributed by atoms with E-state index in [2.05, 4.69) is 10.6 Å². The minimum Gasteiger partial charge on any atom is -0.465 e.